The van der Waals surface area contributed by atoms with Crippen molar-refractivity contribution in [3.05, 3.63) is 30.0 Å². The quantitative estimate of drug-likeness (QED) is 0.423. The first kappa shape index (κ1) is 27.3. The lowest BCUT2D eigenvalue weighted by molar-refractivity contribution is -0.124. The Morgan fingerprint density at radius 3 is 2.59 bits per heavy atom. The highest BCUT2D eigenvalue weighted by Gasteiger charge is 2.30. The second kappa shape index (κ2) is 13.2. The number of benzene rings is 1. The fourth-order valence-corrected chi connectivity index (χ4v) is 5.46. The molecule has 0 radical (unpaired) electrons. The van der Waals surface area contributed by atoms with Crippen LogP contribution in [0, 0.1) is 5.92 Å². The molecule has 0 spiro atoms. The molecule has 1 amide bonds. The fraction of sp³-hybridized carbons (Fsp3) is 0.621. The molecule has 1 atom stereocenters. The monoisotopic (exact) mass is 511 g/mol. The van der Waals surface area contributed by atoms with Crippen molar-refractivity contribution in [2.24, 2.45) is 5.92 Å². The summed E-state index contributed by atoms with van der Waals surface area (Å²) in [4.78, 5) is 33.3. The number of hydrogen-bond acceptors (Lipinski definition) is 7. The van der Waals surface area contributed by atoms with Crippen LogP contribution >= 0.6 is 0 Å². The van der Waals surface area contributed by atoms with E-state index in [2.05, 4.69) is 5.32 Å². The molecule has 0 bridgehead atoms. The number of ketones is 1. The molecule has 4 rings (SSSR count). The number of carbonyl (C=O) groups excluding carboxylic acids is 2. The minimum Gasteiger partial charge on any atom is -0.493 e. The number of nitrogens with one attached hydrogen (secondary N) is 1. The third-order valence-corrected chi connectivity index (χ3v) is 7.37. The number of amides is 1. The van der Waals surface area contributed by atoms with Gasteiger partial charge in [0.25, 0.3) is 5.91 Å². The lowest BCUT2D eigenvalue weighted by Gasteiger charge is -2.37. The summed E-state index contributed by atoms with van der Waals surface area (Å²) in [7, 11) is 1.66. The molecular formula is C29H41N3O5. The Kier molecular flexibility index (Phi) is 9.75. The number of carbonyl (C=O) groups is 2. The molecule has 2 aliphatic rings. The van der Waals surface area contributed by atoms with Gasteiger partial charge in [-0.1, -0.05) is 18.9 Å². The topological polar surface area (TPSA) is 90.0 Å². The first-order valence-electron chi connectivity index (χ1n) is 13.7. The van der Waals surface area contributed by atoms with Gasteiger partial charge in [0, 0.05) is 56.1 Å². The zero-order valence-electron chi connectivity index (χ0n) is 22.5. The number of hydrogen-bond donors (Lipinski definition) is 1. The summed E-state index contributed by atoms with van der Waals surface area (Å²) in [5.41, 5.74) is 0.867. The van der Waals surface area contributed by atoms with Crippen molar-refractivity contribution in [1.29, 1.82) is 0 Å². The number of fused-ring (bicyclic) bond motifs is 1. The van der Waals surface area contributed by atoms with Gasteiger partial charge in [-0.2, -0.15) is 0 Å². The van der Waals surface area contributed by atoms with Gasteiger partial charge in [-0.25, -0.2) is 4.98 Å². The number of aromatic nitrogens is 1. The van der Waals surface area contributed by atoms with Gasteiger partial charge < -0.3 is 24.4 Å². The molecule has 0 unspecified atom stereocenters. The Morgan fingerprint density at radius 2 is 1.89 bits per heavy atom. The second-order valence-electron chi connectivity index (χ2n) is 10.4. The van der Waals surface area contributed by atoms with Crippen molar-refractivity contribution in [2.75, 3.05) is 40.0 Å². The molecule has 1 saturated heterocycles. The van der Waals surface area contributed by atoms with E-state index in [1.54, 1.807) is 13.2 Å². The van der Waals surface area contributed by atoms with Gasteiger partial charge in [-0.05, 0) is 58.2 Å². The van der Waals surface area contributed by atoms with E-state index in [0.717, 1.165) is 63.4 Å². The van der Waals surface area contributed by atoms with Crippen LogP contribution in [0.4, 0.5) is 0 Å². The van der Waals surface area contributed by atoms with Crippen molar-refractivity contribution < 1.29 is 23.8 Å². The molecule has 8 heteroatoms. The number of piperidine rings is 1. The largest absolute Gasteiger partial charge is 0.493 e. The van der Waals surface area contributed by atoms with E-state index >= 15 is 0 Å². The van der Waals surface area contributed by atoms with E-state index in [-0.39, 0.29) is 36.3 Å². The summed E-state index contributed by atoms with van der Waals surface area (Å²) in [6, 6.07) is 7.48. The van der Waals surface area contributed by atoms with Gasteiger partial charge >= 0.3 is 0 Å². The Morgan fingerprint density at radius 1 is 1.08 bits per heavy atom. The highest BCUT2D eigenvalue weighted by molar-refractivity contribution is 5.99. The lowest BCUT2D eigenvalue weighted by atomic mass is 10.0. The number of para-hydroxylation sites is 1. The molecule has 8 nitrogen and oxygen atoms in total. The number of ether oxygens (including phenoxy) is 3. The average molecular weight is 512 g/mol. The van der Waals surface area contributed by atoms with Gasteiger partial charge in [0.1, 0.15) is 29.3 Å². The van der Waals surface area contributed by atoms with Gasteiger partial charge in [0.05, 0.1) is 6.61 Å². The highest BCUT2D eigenvalue weighted by Crippen LogP contribution is 2.33. The zero-order chi connectivity index (χ0) is 26.2. The van der Waals surface area contributed by atoms with Crippen LogP contribution in [0.1, 0.15) is 69.3 Å². The van der Waals surface area contributed by atoms with Gasteiger partial charge in [-0.15, -0.1) is 0 Å². The Bertz CT molecular complexity index is 1060. The molecule has 1 aliphatic carbocycles. The molecule has 1 N–H and O–H groups in total. The maximum absolute atomic E-state index is 13.9. The molecule has 2 aromatic rings. The predicted octanol–water partition coefficient (Wildman–Crippen LogP) is 4.39. The minimum absolute atomic E-state index is 0.0134. The summed E-state index contributed by atoms with van der Waals surface area (Å²) in [6.45, 7) is 6.88. The molecule has 37 heavy (non-hydrogen) atoms. The first-order valence-corrected chi connectivity index (χ1v) is 13.7. The SMILES string of the molecule is COCCCOc1cc(C(=O)N(C(C)C)[C@@H]2CCCNC2)nc2c(OCC(=O)C3CCCC3)cccc12. The number of methoxy groups -OCH3 is 1. The number of Topliss-reactive ketones (excluding diaryl/α,β-unsaturated/α-hetero) is 1. The van der Waals surface area contributed by atoms with Crippen molar-refractivity contribution in [3.63, 3.8) is 0 Å². The van der Waals surface area contributed by atoms with Crippen LogP contribution in [0.2, 0.25) is 0 Å². The van der Waals surface area contributed by atoms with Crippen LogP contribution in [0.5, 0.6) is 11.5 Å². The zero-order valence-corrected chi connectivity index (χ0v) is 22.5. The van der Waals surface area contributed by atoms with E-state index in [4.69, 9.17) is 19.2 Å². The van der Waals surface area contributed by atoms with Gasteiger partial charge in [0.2, 0.25) is 0 Å². The van der Waals surface area contributed by atoms with Crippen LogP contribution < -0.4 is 14.8 Å². The maximum Gasteiger partial charge on any atom is 0.273 e. The smallest absolute Gasteiger partial charge is 0.273 e. The van der Waals surface area contributed by atoms with Crippen molar-refractivity contribution in [1.82, 2.24) is 15.2 Å². The summed E-state index contributed by atoms with van der Waals surface area (Å²) in [6.07, 6.45) is 6.80. The van der Waals surface area contributed by atoms with Crippen LogP contribution in [-0.2, 0) is 9.53 Å². The van der Waals surface area contributed by atoms with Crippen LogP contribution in [-0.4, -0.2) is 73.7 Å². The average Bonchev–Trinajstić information content (AvgIpc) is 3.45. The minimum atomic E-state index is -0.121. The maximum atomic E-state index is 13.9. The highest BCUT2D eigenvalue weighted by atomic mass is 16.5. The lowest BCUT2D eigenvalue weighted by Crippen LogP contribution is -2.51. The molecule has 2 heterocycles. The van der Waals surface area contributed by atoms with Crippen LogP contribution in [0.3, 0.4) is 0 Å². The molecule has 1 aromatic heterocycles. The second-order valence-corrected chi connectivity index (χ2v) is 10.4. The molecule has 1 aromatic carbocycles. The normalized spacial score (nSPS) is 18.3. The first-order chi connectivity index (χ1) is 18.0. The molecule has 1 saturated carbocycles. The van der Waals surface area contributed by atoms with Crippen LogP contribution in [0.15, 0.2) is 24.3 Å². The van der Waals surface area contributed by atoms with Crippen molar-refractivity contribution in [3.8, 4) is 11.5 Å². The Balaban J connectivity index is 1.66. The summed E-state index contributed by atoms with van der Waals surface area (Å²) >= 11 is 0. The van der Waals surface area contributed by atoms with E-state index in [0.29, 0.717) is 35.9 Å². The molecule has 1 aliphatic heterocycles. The third kappa shape index (κ3) is 6.79. The van der Waals surface area contributed by atoms with Crippen LogP contribution in [0.25, 0.3) is 10.9 Å². The van der Waals surface area contributed by atoms with Crippen molar-refractivity contribution in [2.45, 2.75) is 70.9 Å². The van der Waals surface area contributed by atoms with E-state index in [1.165, 1.54) is 0 Å². The third-order valence-electron chi connectivity index (χ3n) is 7.37. The Hall–Kier alpha value is -2.71. The van der Waals surface area contributed by atoms with Gasteiger partial charge in [-0.3, -0.25) is 9.59 Å². The number of rotatable bonds is 12. The van der Waals surface area contributed by atoms with Crippen molar-refractivity contribution >= 4 is 22.6 Å². The van der Waals surface area contributed by atoms with E-state index in [9.17, 15) is 9.59 Å². The van der Waals surface area contributed by atoms with E-state index < -0.39 is 0 Å². The standard InChI is InChI=1S/C29H41N3O5/c1-20(2)32(22-11-7-14-30-18-22)29(34)24-17-27(36-16-8-15-35-3)23-12-6-13-26(28(23)31-24)37-19-25(33)21-9-4-5-10-21/h6,12-13,17,20-22,30H,4-5,7-11,14-16,18-19H2,1-3H3/t22-/m1/s1. The number of pyridine rings is 1. The molecule has 202 valence electrons. The molecule has 2 fully saturated rings. The van der Waals surface area contributed by atoms with Gasteiger partial charge in [0.15, 0.2) is 5.78 Å². The summed E-state index contributed by atoms with van der Waals surface area (Å²) in [5, 5.41) is 4.17. The van der Waals surface area contributed by atoms with E-state index in [1.807, 2.05) is 36.9 Å². The Labute approximate surface area is 220 Å². The molecular weight excluding hydrogens is 470 g/mol. The predicted molar refractivity (Wildman–Crippen MR) is 143 cm³/mol. The summed E-state index contributed by atoms with van der Waals surface area (Å²) < 4.78 is 17.3. The number of nitrogens with zero attached hydrogens (tertiary/aromatic N) is 2. The summed E-state index contributed by atoms with van der Waals surface area (Å²) in [5.74, 6) is 1.18. The fourth-order valence-electron chi connectivity index (χ4n) is 5.46.